The Balaban J connectivity index is 1.33. The molecule has 0 unspecified atom stereocenters. The molecule has 2 aromatic carbocycles. The van der Waals surface area contributed by atoms with Crippen molar-refractivity contribution in [1.29, 1.82) is 0 Å². The number of nitrogens with zero attached hydrogens (tertiary/aromatic N) is 2. The highest BCUT2D eigenvalue weighted by Gasteiger charge is 2.25. The van der Waals surface area contributed by atoms with Gasteiger partial charge in [0.2, 0.25) is 0 Å². The Labute approximate surface area is 249 Å². The smallest absolute Gasteiger partial charge is 0.410 e. The normalized spacial score (nSPS) is 15.9. The fourth-order valence-electron chi connectivity index (χ4n) is 4.97. The summed E-state index contributed by atoms with van der Waals surface area (Å²) >= 11 is 0. The van der Waals surface area contributed by atoms with E-state index in [0.29, 0.717) is 31.7 Å². The van der Waals surface area contributed by atoms with Crippen molar-refractivity contribution in [3.63, 3.8) is 0 Å². The first-order chi connectivity index (χ1) is 19.7. The van der Waals surface area contributed by atoms with Crippen LogP contribution in [0.2, 0.25) is 0 Å². The third kappa shape index (κ3) is 8.24. The van der Waals surface area contributed by atoms with Crippen molar-refractivity contribution in [2.24, 2.45) is 0 Å². The van der Waals surface area contributed by atoms with Crippen molar-refractivity contribution < 1.29 is 23.9 Å². The van der Waals surface area contributed by atoms with E-state index in [1.807, 2.05) is 90.9 Å². The van der Waals surface area contributed by atoms with Gasteiger partial charge in [-0.2, -0.15) is 0 Å². The van der Waals surface area contributed by atoms with Crippen molar-refractivity contribution in [3.05, 3.63) is 76.9 Å². The van der Waals surface area contributed by atoms with Crippen LogP contribution in [0.3, 0.4) is 0 Å². The summed E-state index contributed by atoms with van der Waals surface area (Å²) in [4.78, 5) is 41.1. The van der Waals surface area contributed by atoms with Gasteiger partial charge in [0.15, 0.2) is 0 Å². The topological polar surface area (TPSA) is 88.2 Å². The molecule has 0 aromatic heterocycles. The van der Waals surface area contributed by atoms with E-state index in [0.717, 1.165) is 35.2 Å². The van der Waals surface area contributed by atoms with Crippen LogP contribution >= 0.6 is 0 Å². The second-order valence-electron chi connectivity index (χ2n) is 12.9. The maximum absolute atomic E-state index is 13.0. The number of nitrogens with one attached hydrogen (secondary N) is 1. The van der Waals surface area contributed by atoms with Gasteiger partial charge in [0.25, 0.3) is 5.91 Å². The molecular formula is C34H43N3O5. The number of amides is 3. The van der Waals surface area contributed by atoms with E-state index in [1.54, 1.807) is 9.80 Å². The first-order valence-corrected chi connectivity index (χ1v) is 14.6. The first-order valence-electron chi connectivity index (χ1n) is 14.6. The lowest BCUT2D eigenvalue weighted by molar-refractivity contribution is 0.0260. The maximum Gasteiger partial charge on any atom is 0.410 e. The average molecular weight is 574 g/mol. The number of carbonyl (C=O) groups excluding carboxylic acids is 3. The molecule has 0 radical (unpaired) electrons. The van der Waals surface area contributed by atoms with Crippen LogP contribution in [0, 0.1) is 6.92 Å². The zero-order valence-electron chi connectivity index (χ0n) is 25.9. The highest BCUT2D eigenvalue weighted by Crippen LogP contribution is 2.28. The summed E-state index contributed by atoms with van der Waals surface area (Å²) < 4.78 is 11.0. The molecule has 0 spiro atoms. The molecule has 3 amide bonds. The molecule has 0 saturated heterocycles. The molecule has 0 bridgehead atoms. The van der Waals surface area contributed by atoms with Gasteiger partial charge in [-0.15, -0.1) is 0 Å². The van der Waals surface area contributed by atoms with E-state index in [2.05, 4.69) is 17.5 Å². The van der Waals surface area contributed by atoms with Crippen molar-refractivity contribution in [2.45, 2.75) is 72.5 Å². The molecule has 0 fully saturated rings. The van der Waals surface area contributed by atoms with Crippen LogP contribution in [0.1, 0.15) is 81.4 Å². The summed E-state index contributed by atoms with van der Waals surface area (Å²) in [5.41, 5.74) is 5.79. The van der Waals surface area contributed by atoms with Gasteiger partial charge in [-0.25, -0.2) is 9.59 Å². The third-order valence-corrected chi connectivity index (χ3v) is 7.07. The number of ether oxygens (including phenoxy) is 2. The van der Waals surface area contributed by atoms with Gasteiger partial charge in [0.1, 0.15) is 11.2 Å². The molecule has 8 heteroatoms. The Morgan fingerprint density at radius 2 is 1.26 bits per heavy atom. The minimum atomic E-state index is -0.518. The first kappa shape index (κ1) is 30.9. The number of rotatable bonds is 4. The number of hydrogen-bond acceptors (Lipinski definition) is 5. The van der Waals surface area contributed by atoms with Crippen LogP contribution in [-0.4, -0.2) is 65.3 Å². The van der Waals surface area contributed by atoms with Gasteiger partial charge in [-0.05, 0) is 113 Å². The number of anilines is 1. The monoisotopic (exact) mass is 573 g/mol. The highest BCUT2D eigenvalue weighted by atomic mass is 16.6. The molecule has 2 aliphatic heterocycles. The fraction of sp³-hybridized carbons (Fsp3) is 0.441. The third-order valence-electron chi connectivity index (χ3n) is 7.07. The standard InChI is InChI=1S/C34H43N3O5/c1-23-22-27(10-13-29(23)26-16-20-37(21-17-26)32(40)42-34(5,6)7)30(38)35-28-11-8-24(9-12-28)25-14-18-36(19-15-25)31(39)41-33(2,3)4/h8-14,16,22H,15,17-21H2,1-7H3,(H,35,38). The number of hydrogen-bond donors (Lipinski definition) is 1. The number of aryl methyl sites for hydroxylation is 1. The summed E-state index contributed by atoms with van der Waals surface area (Å²) in [7, 11) is 0. The Bertz CT molecular complexity index is 1390. The lowest BCUT2D eigenvalue weighted by atomic mass is 9.94. The predicted molar refractivity (Wildman–Crippen MR) is 166 cm³/mol. The summed E-state index contributed by atoms with van der Waals surface area (Å²) in [6.45, 7) is 15.4. The van der Waals surface area contributed by atoms with Crippen molar-refractivity contribution in [3.8, 4) is 0 Å². The minimum Gasteiger partial charge on any atom is -0.444 e. The van der Waals surface area contributed by atoms with Crippen LogP contribution in [0.5, 0.6) is 0 Å². The van der Waals surface area contributed by atoms with E-state index < -0.39 is 11.2 Å². The molecule has 1 N–H and O–H groups in total. The molecular weight excluding hydrogens is 530 g/mol. The quantitative estimate of drug-likeness (QED) is 0.415. The Morgan fingerprint density at radius 1 is 0.738 bits per heavy atom. The van der Waals surface area contributed by atoms with Crippen LogP contribution in [0.25, 0.3) is 11.1 Å². The van der Waals surface area contributed by atoms with Gasteiger partial charge in [-0.3, -0.25) is 4.79 Å². The molecule has 224 valence electrons. The fourth-order valence-corrected chi connectivity index (χ4v) is 4.97. The lowest BCUT2D eigenvalue weighted by Crippen LogP contribution is -2.39. The molecule has 4 rings (SSSR count). The summed E-state index contributed by atoms with van der Waals surface area (Å²) in [6, 6.07) is 13.5. The minimum absolute atomic E-state index is 0.170. The number of carbonyl (C=O) groups is 3. The van der Waals surface area contributed by atoms with Gasteiger partial charge < -0.3 is 24.6 Å². The van der Waals surface area contributed by atoms with E-state index in [9.17, 15) is 14.4 Å². The summed E-state index contributed by atoms with van der Waals surface area (Å²) in [5, 5.41) is 2.99. The van der Waals surface area contributed by atoms with E-state index in [-0.39, 0.29) is 18.1 Å². The van der Waals surface area contributed by atoms with Gasteiger partial charge >= 0.3 is 12.2 Å². The Kier molecular flexibility index (Phi) is 9.14. The van der Waals surface area contributed by atoms with Crippen molar-refractivity contribution >= 4 is 34.9 Å². The van der Waals surface area contributed by atoms with Crippen LogP contribution in [-0.2, 0) is 9.47 Å². The molecule has 0 aliphatic carbocycles. The van der Waals surface area contributed by atoms with Crippen LogP contribution in [0.4, 0.5) is 15.3 Å². The van der Waals surface area contributed by atoms with Crippen LogP contribution < -0.4 is 5.32 Å². The maximum atomic E-state index is 13.0. The van der Waals surface area contributed by atoms with Gasteiger partial charge in [-0.1, -0.05) is 30.4 Å². The molecule has 8 nitrogen and oxygen atoms in total. The largest absolute Gasteiger partial charge is 0.444 e. The zero-order valence-corrected chi connectivity index (χ0v) is 25.9. The number of benzene rings is 2. The molecule has 42 heavy (non-hydrogen) atoms. The molecule has 2 heterocycles. The highest BCUT2D eigenvalue weighted by molar-refractivity contribution is 6.04. The molecule has 2 aliphatic rings. The zero-order chi connectivity index (χ0) is 30.7. The van der Waals surface area contributed by atoms with E-state index in [4.69, 9.17) is 9.47 Å². The molecule has 0 atom stereocenters. The summed E-state index contributed by atoms with van der Waals surface area (Å²) in [5.74, 6) is -0.170. The Hall–Kier alpha value is -4.07. The second-order valence-corrected chi connectivity index (χ2v) is 12.9. The Morgan fingerprint density at radius 3 is 1.71 bits per heavy atom. The SMILES string of the molecule is Cc1cc(C(=O)Nc2ccc(C3=CCN(C(=O)OC(C)(C)C)CC3)cc2)ccc1C1=CCN(C(=O)OC(C)(C)C)CC1. The van der Waals surface area contributed by atoms with Crippen molar-refractivity contribution in [1.82, 2.24) is 9.80 Å². The van der Waals surface area contributed by atoms with Crippen LogP contribution in [0.15, 0.2) is 54.6 Å². The molecule has 0 saturated carbocycles. The lowest BCUT2D eigenvalue weighted by Gasteiger charge is -2.30. The van der Waals surface area contributed by atoms with Gasteiger partial charge in [0, 0.05) is 37.4 Å². The molecule has 2 aromatic rings. The summed E-state index contributed by atoms with van der Waals surface area (Å²) in [6.07, 6.45) is 5.00. The predicted octanol–water partition coefficient (Wildman–Crippen LogP) is 7.30. The van der Waals surface area contributed by atoms with Gasteiger partial charge in [0.05, 0.1) is 0 Å². The average Bonchev–Trinajstić information content (AvgIpc) is 2.92. The van der Waals surface area contributed by atoms with E-state index in [1.165, 1.54) is 11.1 Å². The van der Waals surface area contributed by atoms with Crippen molar-refractivity contribution in [2.75, 3.05) is 31.5 Å². The van der Waals surface area contributed by atoms with E-state index >= 15 is 0 Å². The second kappa shape index (κ2) is 12.4.